The minimum absolute atomic E-state index is 0.195. The maximum atomic E-state index is 9.90. The normalized spacial score (nSPS) is 10.5. The van der Waals surface area contributed by atoms with Gasteiger partial charge in [0, 0.05) is 12.1 Å². The molecule has 5 heteroatoms. The Morgan fingerprint density at radius 3 is 1.97 bits per heavy atom. The Hall–Kier alpha value is -3.34. The van der Waals surface area contributed by atoms with Gasteiger partial charge >= 0.3 is 0 Å². The van der Waals surface area contributed by atoms with E-state index in [1.165, 1.54) is 0 Å². The lowest BCUT2D eigenvalue weighted by molar-refractivity contribution is 0.300. The van der Waals surface area contributed by atoms with Gasteiger partial charge in [0.2, 0.25) is 0 Å². The molecule has 0 radical (unpaired) electrons. The average molecular weight is 408 g/mol. The molecule has 3 rings (SSSR count). The van der Waals surface area contributed by atoms with E-state index >= 15 is 0 Å². The summed E-state index contributed by atoms with van der Waals surface area (Å²) in [6, 6.07) is 18.9. The highest BCUT2D eigenvalue weighted by atomic mass is 16.5. The largest absolute Gasteiger partial charge is 0.508 e. The molecule has 0 aliphatic heterocycles. The minimum atomic E-state index is 0.195. The van der Waals surface area contributed by atoms with Crippen LogP contribution in [0.5, 0.6) is 28.7 Å². The van der Waals surface area contributed by atoms with Gasteiger partial charge in [-0.2, -0.15) is 0 Å². The number of benzene rings is 3. The summed E-state index contributed by atoms with van der Waals surface area (Å²) in [7, 11) is 4.96. The van der Waals surface area contributed by atoms with E-state index in [-0.39, 0.29) is 5.75 Å². The van der Waals surface area contributed by atoms with Crippen molar-refractivity contribution < 1.29 is 24.1 Å². The number of rotatable bonds is 10. The van der Waals surface area contributed by atoms with Gasteiger partial charge in [-0.05, 0) is 60.2 Å². The van der Waals surface area contributed by atoms with E-state index < -0.39 is 0 Å². The van der Waals surface area contributed by atoms with Crippen molar-refractivity contribution in [2.75, 3.05) is 21.3 Å². The first-order valence-electron chi connectivity index (χ1n) is 9.91. The van der Waals surface area contributed by atoms with Crippen LogP contribution in [0, 0.1) is 0 Å². The summed E-state index contributed by atoms with van der Waals surface area (Å²) in [6.45, 7) is 0.423. The Balaban J connectivity index is 1.63. The van der Waals surface area contributed by atoms with Gasteiger partial charge in [-0.15, -0.1) is 0 Å². The maximum absolute atomic E-state index is 9.90. The number of ether oxygens (including phenoxy) is 4. The summed E-state index contributed by atoms with van der Waals surface area (Å²) in [4.78, 5) is 0. The van der Waals surface area contributed by atoms with Crippen molar-refractivity contribution in [2.45, 2.75) is 25.9 Å². The molecule has 0 aliphatic rings. The highest BCUT2D eigenvalue weighted by Gasteiger charge is 2.09. The molecule has 0 heterocycles. The summed E-state index contributed by atoms with van der Waals surface area (Å²) >= 11 is 0. The predicted octanol–water partition coefficient (Wildman–Crippen LogP) is 5.17. The molecule has 3 aromatic carbocycles. The fraction of sp³-hybridized carbons (Fsp3) is 0.280. The third-order valence-electron chi connectivity index (χ3n) is 4.99. The van der Waals surface area contributed by atoms with Crippen LogP contribution >= 0.6 is 0 Å². The van der Waals surface area contributed by atoms with Crippen LogP contribution in [-0.2, 0) is 19.4 Å². The lowest BCUT2D eigenvalue weighted by atomic mass is 10.0. The molecule has 0 saturated heterocycles. The summed E-state index contributed by atoms with van der Waals surface area (Å²) in [6.07, 6.45) is 2.62. The second kappa shape index (κ2) is 10.4. The van der Waals surface area contributed by atoms with Gasteiger partial charge in [0.15, 0.2) is 0 Å². The number of phenolic OH excluding ortho intramolecular Hbond substituents is 1. The van der Waals surface area contributed by atoms with Gasteiger partial charge < -0.3 is 24.1 Å². The standard InChI is InChI=1S/C25H28O5/c1-27-22-12-7-18(8-13-22)17-30-25-15-21(26)11-9-20(25)6-4-5-19-10-14-23(28-2)16-24(19)29-3/h7-16,26H,4-6,17H2,1-3H3. The average Bonchev–Trinajstić information content (AvgIpc) is 2.79. The van der Waals surface area contributed by atoms with Crippen molar-refractivity contribution in [1.29, 1.82) is 0 Å². The molecule has 3 aromatic rings. The van der Waals surface area contributed by atoms with E-state index in [4.69, 9.17) is 18.9 Å². The molecule has 5 nitrogen and oxygen atoms in total. The molecule has 0 saturated carbocycles. The van der Waals surface area contributed by atoms with Crippen molar-refractivity contribution in [1.82, 2.24) is 0 Å². The number of aromatic hydroxyl groups is 1. The van der Waals surface area contributed by atoms with Gasteiger partial charge in [-0.3, -0.25) is 0 Å². The van der Waals surface area contributed by atoms with E-state index in [1.807, 2.05) is 48.5 Å². The fourth-order valence-corrected chi connectivity index (χ4v) is 3.29. The minimum Gasteiger partial charge on any atom is -0.508 e. The lowest BCUT2D eigenvalue weighted by Crippen LogP contribution is -2.00. The quantitative estimate of drug-likeness (QED) is 0.501. The van der Waals surface area contributed by atoms with Gasteiger partial charge in [-0.1, -0.05) is 24.3 Å². The van der Waals surface area contributed by atoms with Crippen molar-refractivity contribution in [3.05, 3.63) is 77.4 Å². The van der Waals surface area contributed by atoms with E-state index in [9.17, 15) is 5.11 Å². The van der Waals surface area contributed by atoms with Crippen LogP contribution in [0.4, 0.5) is 0 Å². The van der Waals surface area contributed by atoms with Crippen LogP contribution in [0.15, 0.2) is 60.7 Å². The van der Waals surface area contributed by atoms with Crippen molar-refractivity contribution in [3.8, 4) is 28.7 Å². The first-order valence-corrected chi connectivity index (χ1v) is 9.91. The first-order chi connectivity index (χ1) is 14.6. The molecule has 0 spiro atoms. The predicted molar refractivity (Wildman–Crippen MR) is 117 cm³/mol. The number of aryl methyl sites for hydroxylation is 2. The fourth-order valence-electron chi connectivity index (χ4n) is 3.29. The SMILES string of the molecule is COc1ccc(COc2cc(O)ccc2CCCc2ccc(OC)cc2OC)cc1. The van der Waals surface area contributed by atoms with E-state index in [0.717, 1.165) is 53.2 Å². The van der Waals surface area contributed by atoms with Gasteiger partial charge in [0.05, 0.1) is 21.3 Å². The van der Waals surface area contributed by atoms with E-state index in [2.05, 4.69) is 0 Å². The summed E-state index contributed by atoms with van der Waals surface area (Å²) in [5, 5.41) is 9.90. The lowest BCUT2D eigenvalue weighted by Gasteiger charge is -2.13. The molecular weight excluding hydrogens is 380 g/mol. The Kier molecular flexibility index (Phi) is 7.44. The molecule has 1 N–H and O–H groups in total. The molecule has 158 valence electrons. The van der Waals surface area contributed by atoms with Gasteiger partial charge in [0.25, 0.3) is 0 Å². The molecule has 0 unspecified atom stereocenters. The number of phenols is 1. The second-order valence-corrected chi connectivity index (χ2v) is 6.96. The van der Waals surface area contributed by atoms with E-state index in [1.54, 1.807) is 33.5 Å². The zero-order valence-corrected chi connectivity index (χ0v) is 17.7. The monoisotopic (exact) mass is 408 g/mol. The highest BCUT2D eigenvalue weighted by Crippen LogP contribution is 2.29. The molecular formula is C25H28O5. The van der Waals surface area contributed by atoms with Gasteiger partial charge in [-0.25, -0.2) is 0 Å². The van der Waals surface area contributed by atoms with E-state index in [0.29, 0.717) is 12.4 Å². The highest BCUT2D eigenvalue weighted by molar-refractivity contribution is 5.42. The first kappa shape index (κ1) is 21.4. The molecule has 0 amide bonds. The summed E-state index contributed by atoms with van der Waals surface area (Å²) in [5.41, 5.74) is 3.24. The molecule has 0 aliphatic carbocycles. The number of hydrogen-bond donors (Lipinski definition) is 1. The smallest absolute Gasteiger partial charge is 0.126 e. The molecule has 0 bridgehead atoms. The summed E-state index contributed by atoms with van der Waals surface area (Å²) in [5.74, 6) is 3.32. The zero-order valence-electron chi connectivity index (χ0n) is 17.7. The molecule has 0 aromatic heterocycles. The number of hydrogen-bond acceptors (Lipinski definition) is 5. The Morgan fingerprint density at radius 1 is 0.667 bits per heavy atom. The number of methoxy groups -OCH3 is 3. The molecule has 30 heavy (non-hydrogen) atoms. The van der Waals surface area contributed by atoms with Crippen LogP contribution in [0.3, 0.4) is 0 Å². The topological polar surface area (TPSA) is 57.2 Å². The third kappa shape index (κ3) is 5.60. The second-order valence-electron chi connectivity index (χ2n) is 6.96. The van der Waals surface area contributed by atoms with Crippen LogP contribution < -0.4 is 18.9 Å². The van der Waals surface area contributed by atoms with Crippen LogP contribution in [0.2, 0.25) is 0 Å². The van der Waals surface area contributed by atoms with Crippen LogP contribution in [0.1, 0.15) is 23.1 Å². The Morgan fingerprint density at radius 2 is 1.30 bits per heavy atom. The van der Waals surface area contributed by atoms with Crippen LogP contribution in [0.25, 0.3) is 0 Å². The van der Waals surface area contributed by atoms with Gasteiger partial charge in [0.1, 0.15) is 35.4 Å². The summed E-state index contributed by atoms with van der Waals surface area (Å²) < 4.78 is 21.9. The molecule has 0 fully saturated rings. The van der Waals surface area contributed by atoms with Crippen molar-refractivity contribution in [3.63, 3.8) is 0 Å². The van der Waals surface area contributed by atoms with Crippen LogP contribution in [-0.4, -0.2) is 26.4 Å². The Bertz CT molecular complexity index is 950. The van der Waals surface area contributed by atoms with Crippen molar-refractivity contribution >= 4 is 0 Å². The Labute approximate surface area is 177 Å². The molecule has 0 atom stereocenters. The van der Waals surface area contributed by atoms with Crippen molar-refractivity contribution in [2.24, 2.45) is 0 Å². The zero-order chi connectivity index (χ0) is 21.3. The maximum Gasteiger partial charge on any atom is 0.126 e. The third-order valence-corrected chi connectivity index (χ3v) is 4.99.